The molecule has 0 radical (unpaired) electrons. The van der Waals surface area contributed by atoms with Crippen LogP contribution in [0.2, 0.25) is 0 Å². The van der Waals surface area contributed by atoms with Gasteiger partial charge in [-0.2, -0.15) is 0 Å². The second-order valence-corrected chi connectivity index (χ2v) is 7.16. The van der Waals surface area contributed by atoms with Crippen molar-refractivity contribution in [1.29, 1.82) is 0 Å². The van der Waals surface area contributed by atoms with Gasteiger partial charge in [-0.15, -0.1) is 0 Å². The van der Waals surface area contributed by atoms with Crippen LogP contribution in [0.3, 0.4) is 0 Å². The second-order valence-electron chi connectivity index (χ2n) is 7.16. The first-order valence-electron chi connectivity index (χ1n) is 8.68. The first kappa shape index (κ1) is 23.3. The van der Waals surface area contributed by atoms with E-state index in [0.717, 1.165) is 0 Å². The van der Waals surface area contributed by atoms with Gasteiger partial charge in [-0.25, -0.2) is 0 Å². The van der Waals surface area contributed by atoms with Gasteiger partial charge in [0.2, 0.25) is 17.4 Å². The topological polar surface area (TPSA) is 235 Å². The van der Waals surface area contributed by atoms with E-state index in [1.54, 1.807) is 0 Å². The fourth-order valence-electron chi connectivity index (χ4n) is 3.66. The van der Waals surface area contributed by atoms with Crippen molar-refractivity contribution in [3.8, 4) is 0 Å². The van der Waals surface area contributed by atoms with Crippen molar-refractivity contribution in [1.82, 2.24) is 5.32 Å². The summed E-state index contributed by atoms with van der Waals surface area (Å²) in [6.45, 7) is -1.81. The Morgan fingerprint density at radius 3 is 2.18 bits per heavy atom. The average Bonchev–Trinajstić information content (AvgIpc) is 2.86. The Bertz CT molecular complexity index is 580. The fourth-order valence-corrected chi connectivity index (χ4v) is 3.66. The highest BCUT2D eigenvalue weighted by atomic mass is 16.7. The summed E-state index contributed by atoms with van der Waals surface area (Å²) in [6, 6.07) is -1.20. The number of hydrogen-bond acceptors (Lipinski definition) is 12. The largest absolute Gasteiger partial charge is 0.394 e. The van der Waals surface area contributed by atoms with Gasteiger partial charge in [0.05, 0.1) is 25.4 Å². The quantitative estimate of drug-likeness (QED) is 0.196. The van der Waals surface area contributed by atoms with Crippen molar-refractivity contribution in [2.24, 2.45) is 5.73 Å². The molecule has 2 aliphatic rings. The van der Waals surface area contributed by atoms with E-state index in [0.29, 0.717) is 0 Å². The highest BCUT2D eigenvalue weighted by Gasteiger charge is 2.78. The third kappa shape index (κ3) is 3.22. The van der Waals surface area contributed by atoms with Crippen molar-refractivity contribution in [2.75, 3.05) is 19.8 Å². The fraction of sp³-hybridized carbons (Fsp3) is 0.933. The predicted octanol–water partition coefficient (Wildman–Crippen LogP) is -6.19. The summed E-state index contributed by atoms with van der Waals surface area (Å²) in [4.78, 5) is 12.3. The molecule has 0 spiro atoms. The van der Waals surface area contributed by atoms with Crippen molar-refractivity contribution in [3.05, 3.63) is 0 Å². The van der Waals surface area contributed by atoms with E-state index >= 15 is 0 Å². The van der Waals surface area contributed by atoms with Crippen LogP contribution in [-0.2, 0) is 14.3 Å². The highest BCUT2D eigenvalue weighted by Crippen LogP contribution is 2.49. The van der Waals surface area contributed by atoms with Crippen LogP contribution >= 0.6 is 0 Å². The number of hydrogen-bond donors (Lipinski definition) is 10. The number of rotatable bonds is 6. The molecule has 1 amide bonds. The summed E-state index contributed by atoms with van der Waals surface area (Å²) in [5.41, 5.74) is -0.433. The molecule has 28 heavy (non-hydrogen) atoms. The van der Waals surface area contributed by atoms with Crippen LogP contribution in [0.4, 0.5) is 0 Å². The summed E-state index contributed by atoms with van der Waals surface area (Å²) in [5.74, 6) is -4.02. The molecule has 0 aliphatic carbocycles. The molecule has 0 aromatic carbocycles. The molecule has 2 rings (SSSR count). The number of carbonyl (C=O) groups is 1. The maximum absolute atomic E-state index is 12.3. The number of nitrogens with two attached hydrogens (primary N) is 1. The molecule has 1 unspecified atom stereocenters. The maximum Gasteiger partial charge on any atom is 0.238 e. The monoisotopic (exact) mass is 412 g/mol. The third-order valence-electron chi connectivity index (χ3n) is 5.29. The Morgan fingerprint density at radius 1 is 1.14 bits per heavy atom. The summed E-state index contributed by atoms with van der Waals surface area (Å²) in [5, 5.41) is 83.9. The van der Waals surface area contributed by atoms with E-state index in [9.17, 15) is 45.6 Å². The summed E-state index contributed by atoms with van der Waals surface area (Å²) >= 11 is 0. The SMILES string of the molecule is C[C@H](N)C(=O)NC1([C@]2(O)[C@H](O)[C@@H](CO)O[C@]2(O)CO)O[C@H](CO)[C@@H](O)C[C@H]1O. The maximum atomic E-state index is 12.3. The molecule has 11 N–H and O–H groups in total. The van der Waals surface area contributed by atoms with Gasteiger partial charge in [0, 0.05) is 6.42 Å². The molecular weight excluding hydrogens is 384 g/mol. The zero-order valence-electron chi connectivity index (χ0n) is 15.2. The van der Waals surface area contributed by atoms with Crippen LogP contribution in [0.25, 0.3) is 0 Å². The molecule has 0 saturated carbocycles. The van der Waals surface area contributed by atoms with Crippen molar-refractivity contribution >= 4 is 5.91 Å². The van der Waals surface area contributed by atoms with Crippen molar-refractivity contribution in [3.63, 3.8) is 0 Å². The lowest BCUT2D eigenvalue weighted by Crippen LogP contribution is -2.84. The zero-order valence-corrected chi connectivity index (χ0v) is 15.2. The molecule has 9 atom stereocenters. The smallest absolute Gasteiger partial charge is 0.238 e. The van der Waals surface area contributed by atoms with E-state index in [-0.39, 0.29) is 0 Å². The molecule has 0 bridgehead atoms. The Balaban J connectivity index is 2.68. The van der Waals surface area contributed by atoms with Gasteiger partial charge in [-0.1, -0.05) is 0 Å². The molecule has 2 fully saturated rings. The van der Waals surface area contributed by atoms with Crippen molar-refractivity contribution < 1.29 is 55.1 Å². The van der Waals surface area contributed by atoms with E-state index < -0.39 is 85.8 Å². The molecule has 164 valence electrons. The van der Waals surface area contributed by atoms with E-state index in [4.69, 9.17) is 15.2 Å². The summed E-state index contributed by atoms with van der Waals surface area (Å²) in [6.07, 6.45) is -9.26. The minimum absolute atomic E-state index is 0.565. The van der Waals surface area contributed by atoms with Gasteiger partial charge in [-0.3, -0.25) is 4.79 Å². The van der Waals surface area contributed by atoms with Crippen molar-refractivity contribution in [2.45, 2.75) is 67.0 Å². The van der Waals surface area contributed by atoms with Gasteiger partial charge in [0.15, 0.2) is 5.60 Å². The zero-order chi connectivity index (χ0) is 21.5. The Labute approximate surface area is 159 Å². The lowest BCUT2D eigenvalue weighted by atomic mass is 9.72. The number of aliphatic hydroxyl groups excluding tert-OH is 6. The minimum atomic E-state index is -3.15. The molecular formula is C15H28N2O11. The van der Waals surface area contributed by atoms with E-state index in [1.165, 1.54) is 6.92 Å². The number of aliphatic hydroxyl groups is 8. The van der Waals surface area contributed by atoms with Gasteiger partial charge >= 0.3 is 0 Å². The molecule has 13 nitrogen and oxygen atoms in total. The van der Waals surface area contributed by atoms with Gasteiger partial charge in [0.25, 0.3) is 0 Å². The number of nitrogens with one attached hydrogen (secondary N) is 1. The Morgan fingerprint density at radius 2 is 1.71 bits per heavy atom. The lowest BCUT2D eigenvalue weighted by molar-refractivity contribution is -0.378. The molecule has 2 heterocycles. The third-order valence-corrected chi connectivity index (χ3v) is 5.29. The highest BCUT2D eigenvalue weighted by molar-refractivity contribution is 5.82. The second kappa shape index (κ2) is 8.04. The van der Waals surface area contributed by atoms with E-state index in [1.807, 2.05) is 0 Å². The molecule has 2 saturated heterocycles. The first-order chi connectivity index (χ1) is 12.9. The van der Waals surface area contributed by atoms with Crippen LogP contribution in [-0.4, -0.2) is 120 Å². The predicted molar refractivity (Wildman–Crippen MR) is 88.1 cm³/mol. The molecule has 2 aliphatic heterocycles. The summed E-state index contributed by atoms with van der Waals surface area (Å²) in [7, 11) is 0. The number of carbonyl (C=O) groups excluding carboxylic acids is 1. The Kier molecular flexibility index (Phi) is 6.70. The molecule has 13 heteroatoms. The van der Waals surface area contributed by atoms with Gasteiger partial charge in [-0.05, 0) is 6.92 Å². The van der Waals surface area contributed by atoms with Crippen LogP contribution in [0, 0.1) is 0 Å². The lowest BCUT2D eigenvalue weighted by Gasteiger charge is -2.56. The first-order valence-corrected chi connectivity index (χ1v) is 8.68. The normalized spacial score (nSPS) is 47.7. The molecule has 0 aromatic rings. The van der Waals surface area contributed by atoms with Crippen LogP contribution in [0.1, 0.15) is 13.3 Å². The van der Waals surface area contributed by atoms with E-state index in [2.05, 4.69) is 5.32 Å². The standard InChI is InChI=1S/C15H28N2O11/c1-6(16)12(24)17-15(10(22)2-7(21)8(3-18)28-15)14(26)11(23)9(4-19)27-13(14,25)5-20/h6-11,18-23,25-26H,2-5,16H2,1H3,(H,17,24)/t6-,7-,8+,9+,10+,11+,13+,14-,15?/m0/s1. The van der Waals surface area contributed by atoms with Crippen LogP contribution in [0.5, 0.6) is 0 Å². The molecule has 0 aromatic heterocycles. The number of amides is 1. The average molecular weight is 412 g/mol. The van der Waals surface area contributed by atoms with Crippen LogP contribution in [0.15, 0.2) is 0 Å². The minimum Gasteiger partial charge on any atom is -0.394 e. The summed E-state index contributed by atoms with van der Waals surface area (Å²) < 4.78 is 10.4. The Hall–Kier alpha value is -0.970. The van der Waals surface area contributed by atoms with Crippen LogP contribution < -0.4 is 11.1 Å². The van der Waals surface area contributed by atoms with Gasteiger partial charge < -0.3 is 61.4 Å². The van der Waals surface area contributed by atoms with Gasteiger partial charge in [0.1, 0.15) is 31.0 Å². The number of ether oxygens (including phenoxy) is 2.